The Labute approximate surface area is 122 Å². The van der Waals surface area contributed by atoms with E-state index in [0.29, 0.717) is 30.7 Å². The highest BCUT2D eigenvalue weighted by Gasteiger charge is 2.33. The molecular weight excluding hydrogens is 334 g/mol. The second kappa shape index (κ2) is 6.32. The molecule has 0 spiro atoms. The van der Waals surface area contributed by atoms with Gasteiger partial charge in [-0.05, 0) is 28.8 Å². The summed E-state index contributed by atoms with van der Waals surface area (Å²) < 4.78 is 10.8. The fraction of sp³-hybridized carbons (Fsp3) is 0.545. The molecule has 0 saturated carbocycles. The quantitative estimate of drug-likeness (QED) is 0.908. The van der Waals surface area contributed by atoms with Crippen molar-refractivity contribution < 1.29 is 14.3 Å². The van der Waals surface area contributed by atoms with Gasteiger partial charge >= 0.3 is 6.09 Å². The average Bonchev–Trinajstić information content (AvgIpc) is 2.83. The number of hydrogen-bond donors (Lipinski definition) is 1. The third-order valence-electron chi connectivity index (χ3n) is 2.89. The predicted octanol–water partition coefficient (Wildman–Crippen LogP) is 2.31. The molecule has 1 aromatic rings. The Morgan fingerprint density at radius 2 is 2.42 bits per heavy atom. The first-order valence-corrected chi connectivity index (χ1v) is 7.36. The molecule has 0 aromatic carbocycles. The Kier molecular flexibility index (Phi) is 4.74. The highest BCUT2D eigenvalue weighted by molar-refractivity contribution is 9.10. The molecule has 1 aliphatic heterocycles. The molecule has 2 heterocycles. The summed E-state index contributed by atoms with van der Waals surface area (Å²) in [7, 11) is 0. The summed E-state index contributed by atoms with van der Waals surface area (Å²) in [4.78, 5) is 15.5. The molecule has 19 heavy (non-hydrogen) atoms. The van der Waals surface area contributed by atoms with Crippen molar-refractivity contribution in [3.63, 3.8) is 0 Å². The van der Waals surface area contributed by atoms with Crippen LogP contribution in [-0.2, 0) is 4.74 Å². The summed E-state index contributed by atoms with van der Waals surface area (Å²) in [6.45, 7) is 1.35. The first-order chi connectivity index (χ1) is 9.13. The molecule has 8 heteroatoms. The number of nitriles is 1. The van der Waals surface area contributed by atoms with Gasteiger partial charge in [0.05, 0.1) is 11.5 Å². The van der Waals surface area contributed by atoms with Crippen LogP contribution in [0.5, 0.6) is 5.19 Å². The summed E-state index contributed by atoms with van der Waals surface area (Å²) in [6, 6.07) is 2.27. The van der Waals surface area contributed by atoms with Crippen molar-refractivity contribution in [1.82, 2.24) is 10.3 Å². The third kappa shape index (κ3) is 3.89. The van der Waals surface area contributed by atoms with Gasteiger partial charge in [-0.1, -0.05) is 11.3 Å². The van der Waals surface area contributed by atoms with Gasteiger partial charge in [-0.25, -0.2) is 4.79 Å². The normalized spacial score (nSPS) is 17.5. The number of hydrogen-bond acceptors (Lipinski definition) is 6. The topological polar surface area (TPSA) is 84.2 Å². The van der Waals surface area contributed by atoms with Crippen LogP contribution in [0.25, 0.3) is 0 Å². The number of aromatic nitrogens is 1. The van der Waals surface area contributed by atoms with E-state index in [1.54, 1.807) is 5.38 Å². The van der Waals surface area contributed by atoms with Crippen LogP contribution in [0, 0.1) is 16.7 Å². The number of carbonyl (C=O) groups is 1. The van der Waals surface area contributed by atoms with Crippen molar-refractivity contribution in [2.45, 2.75) is 12.8 Å². The largest absolute Gasteiger partial charge is 0.414 e. The van der Waals surface area contributed by atoms with Crippen LogP contribution in [0.3, 0.4) is 0 Å². The second-order valence-electron chi connectivity index (χ2n) is 4.18. The van der Waals surface area contributed by atoms with Crippen LogP contribution in [0.4, 0.5) is 4.79 Å². The van der Waals surface area contributed by atoms with Crippen LogP contribution >= 0.6 is 27.3 Å². The summed E-state index contributed by atoms with van der Waals surface area (Å²) in [5, 5.41) is 13.8. The summed E-state index contributed by atoms with van der Waals surface area (Å²) in [5.41, 5.74) is -0.555. The molecule has 2 rings (SSSR count). The van der Waals surface area contributed by atoms with Gasteiger partial charge in [-0.15, -0.1) is 0 Å². The molecule has 0 bridgehead atoms. The van der Waals surface area contributed by atoms with Gasteiger partial charge in [-0.3, -0.25) is 0 Å². The lowest BCUT2D eigenvalue weighted by Gasteiger charge is -2.30. The molecule has 1 fully saturated rings. The summed E-state index contributed by atoms with van der Waals surface area (Å²) in [5.74, 6) is 0. The zero-order valence-corrected chi connectivity index (χ0v) is 12.4. The van der Waals surface area contributed by atoms with Crippen molar-refractivity contribution in [2.75, 3.05) is 19.8 Å². The molecule has 0 unspecified atom stereocenters. The lowest BCUT2D eigenvalue weighted by Crippen LogP contribution is -2.41. The maximum absolute atomic E-state index is 11.6. The minimum absolute atomic E-state index is 0.262. The molecular formula is C11H12BrN3O3S. The zero-order valence-electron chi connectivity index (χ0n) is 10.0. The van der Waals surface area contributed by atoms with Gasteiger partial charge in [0, 0.05) is 25.1 Å². The standard InChI is InChI=1S/C11H12BrN3O3S/c12-8-5-19-10(15-8)18-9(16)14-7-11(6-13)1-3-17-4-2-11/h5H,1-4,7H2,(H,14,16). The van der Waals surface area contributed by atoms with Crippen LogP contribution < -0.4 is 10.1 Å². The van der Waals surface area contributed by atoms with Crippen molar-refractivity contribution >= 4 is 33.4 Å². The summed E-state index contributed by atoms with van der Waals surface area (Å²) >= 11 is 4.39. The van der Waals surface area contributed by atoms with Crippen LogP contribution in [0.1, 0.15) is 12.8 Å². The van der Waals surface area contributed by atoms with Gasteiger partial charge in [0.1, 0.15) is 4.60 Å². The number of nitrogens with zero attached hydrogens (tertiary/aromatic N) is 2. The molecule has 1 N–H and O–H groups in total. The van der Waals surface area contributed by atoms with Crippen molar-refractivity contribution in [2.24, 2.45) is 5.41 Å². The van der Waals surface area contributed by atoms with Gasteiger partial charge < -0.3 is 14.8 Å². The Morgan fingerprint density at radius 3 is 3.00 bits per heavy atom. The van der Waals surface area contributed by atoms with Gasteiger partial charge in [0.2, 0.25) is 0 Å². The van der Waals surface area contributed by atoms with Crippen LogP contribution in [0.15, 0.2) is 9.98 Å². The smallest absolute Gasteiger partial charge is 0.381 e. The van der Waals surface area contributed by atoms with Crippen molar-refractivity contribution in [3.8, 4) is 11.3 Å². The average molecular weight is 346 g/mol. The number of ether oxygens (including phenoxy) is 2. The molecule has 6 nitrogen and oxygen atoms in total. The van der Waals surface area contributed by atoms with E-state index in [9.17, 15) is 10.1 Å². The molecule has 0 radical (unpaired) electrons. The minimum Gasteiger partial charge on any atom is -0.381 e. The molecule has 0 aliphatic carbocycles. The first-order valence-electron chi connectivity index (χ1n) is 5.69. The van der Waals surface area contributed by atoms with E-state index in [2.05, 4.69) is 32.3 Å². The summed E-state index contributed by atoms with van der Waals surface area (Å²) in [6.07, 6.45) is 0.641. The number of nitrogens with one attached hydrogen (secondary N) is 1. The Hall–Kier alpha value is -1.17. The predicted molar refractivity (Wildman–Crippen MR) is 71.9 cm³/mol. The highest BCUT2D eigenvalue weighted by atomic mass is 79.9. The number of halogens is 1. The lowest BCUT2D eigenvalue weighted by molar-refractivity contribution is 0.0408. The van der Waals surface area contributed by atoms with Crippen LogP contribution in [0.2, 0.25) is 0 Å². The number of amides is 1. The van der Waals surface area contributed by atoms with Gasteiger partial charge in [0.15, 0.2) is 0 Å². The Balaban J connectivity index is 1.84. The van der Waals surface area contributed by atoms with E-state index in [1.807, 2.05) is 0 Å². The zero-order chi connectivity index (χ0) is 13.7. The van der Waals surface area contributed by atoms with E-state index in [-0.39, 0.29) is 11.7 Å². The lowest BCUT2D eigenvalue weighted by atomic mass is 9.82. The van der Waals surface area contributed by atoms with E-state index in [4.69, 9.17) is 9.47 Å². The van der Waals surface area contributed by atoms with Crippen molar-refractivity contribution in [1.29, 1.82) is 5.26 Å². The maximum Gasteiger partial charge on any atom is 0.414 e. The van der Waals surface area contributed by atoms with Crippen LogP contribution in [-0.4, -0.2) is 30.8 Å². The number of thiazole rings is 1. The number of carbonyl (C=O) groups excluding carboxylic acids is 1. The van der Waals surface area contributed by atoms with Crippen molar-refractivity contribution in [3.05, 3.63) is 9.98 Å². The van der Waals surface area contributed by atoms with Gasteiger partial charge in [-0.2, -0.15) is 10.2 Å². The van der Waals surface area contributed by atoms with E-state index in [0.717, 1.165) is 0 Å². The SMILES string of the molecule is N#CC1(CNC(=O)Oc2nc(Br)cs2)CCOCC1. The minimum atomic E-state index is -0.594. The van der Waals surface area contributed by atoms with E-state index >= 15 is 0 Å². The Morgan fingerprint density at radius 1 is 1.68 bits per heavy atom. The molecule has 0 atom stereocenters. The third-order valence-corrected chi connectivity index (χ3v) is 4.32. The van der Waals surface area contributed by atoms with E-state index < -0.39 is 11.5 Å². The molecule has 1 aliphatic rings. The monoisotopic (exact) mass is 345 g/mol. The molecule has 1 amide bonds. The first kappa shape index (κ1) is 14.2. The fourth-order valence-electron chi connectivity index (χ4n) is 1.73. The molecule has 1 saturated heterocycles. The molecule has 1 aromatic heterocycles. The number of rotatable bonds is 3. The fourth-order valence-corrected chi connectivity index (χ4v) is 2.82. The Bertz CT molecular complexity index is 494. The molecule has 102 valence electrons. The van der Waals surface area contributed by atoms with Gasteiger partial charge in [0.25, 0.3) is 5.19 Å². The maximum atomic E-state index is 11.6. The highest BCUT2D eigenvalue weighted by Crippen LogP contribution is 2.28. The van der Waals surface area contributed by atoms with E-state index in [1.165, 1.54) is 11.3 Å². The second-order valence-corrected chi connectivity index (χ2v) is 5.82.